The van der Waals surface area contributed by atoms with Crippen LogP contribution in [0.5, 0.6) is 0 Å². The van der Waals surface area contributed by atoms with Crippen LogP contribution in [0.25, 0.3) is 0 Å². The van der Waals surface area contributed by atoms with Crippen LogP contribution < -0.4 is 11.0 Å². The second-order valence-electron chi connectivity index (χ2n) is 3.79. The standard InChI is InChI=1S/C12H15N3OS/c1-10(11-4-2-9-17-11)13-6-8-15-7-3-5-14-12(15)16/h2-5,7,9-10,13H,6,8H2,1H3. The van der Waals surface area contributed by atoms with Gasteiger partial charge in [-0.1, -0.05) is 6.07 Å². The molecule has 4 nitrogen and oxygen atoms in total. The Bertz CT molecular complexity index is 506. The van der Waals surface area contributed by atoms with Crippen molar-refractivity contribution in [3.63, 3.8) is 0 Å². The quantitative estimate of drug-likeness (QED) is 0.876. The van der Waals surface area contributed by atoms with Gasteiger partial charge in [0.15, 0.2) is 0 Å². The van der Waals surface area contributed by atoms with E-state index in [1.165, 1.54) is 11.1 Å². The molecule has 5 heteroatoms. The van der Waals surface area contributed by atoms with E-state index in [9.17, 15) is 4.79 Å². The van der Waals surface area contributed by atoms with Gasteiger partial charge in [0, 0.05) is 36.4 Å². The number of hydrogen-bond acceptors (Lipinski definition) is 4. The summed E-state index contributed by atoms with van der Waals surface area (Å²) in [6.07, 6.45) is 3.27. The molecular weight excluding hydrogens is 234 g/mol. The van der Waals surface area contributed by atoms with Crippen molar-refractivity contribution in [2.24, 2.45) is 0 Å². The maximum absolute atomic E-state index is 11.3. The molecule has 1 atom stereocenters. The Hall–Kier alpha value is -1.46. The Kier molecular flexibility index (Phi) is 4.06. The number of rotatable bonds is 5. The first-order valence-electron chi connectivity index (χ1n) is 5.55. The molecule has 0 spiro atoms. The SMILES string of the molecule is CC(NCCn1cccnc1=O)c1cccs1. The van der Waals surface area contributed by atoms with Crippen LogP contribution >= 0.6 is 11.3 Å². The summed E-state index contributed by atoms with van der Waals surface area (Å²) in [7, 11) is 0. The van der Waals surface area contributed by atoms with Crippen LogP contribution in [0.2, 0.25) is 0 Å². The zero-order chi connectivity index (χ0) is 12.1. The molecule has 0 aliphatic carbocycles. The molecule has 0 saturated heterocycles. The average Bonchev–Trinajstić information content (AvgIpc) is 2.85. The number of hydrogen-bond donors (Lipinski definition) is 1. The van der Waals surface area contributed by atoms with Gasteiger partial charge in [-0.2, -0.15) is 0 Å². The van der Waals surface area contributed by atoms with Crippen LogP contribution in [0.3, 0.4) is 0 Å². The van der Waals surface area contributed by atoms with Gasteiger partial charge in [0.25, 0.3) is 0 Å². The molecule has 0 aliphatic heterocycles. The first kappa shape index (κ1) is 12.0. The maximum Gasteiger partial charge on any atom is 0.347 e. The lowest BCUT2D eigenvalue weighted by molar-refractivity contribution is 0.524. The summed E-state index contributed by atoms with van der Waals surface area (Å²) in [5, 5.41) is 5.45. The topological polar surface area (TPSA) is 46.9 Å². The second-order valence-corrected chi connectivity index (χ2v) is 4.77. The Morgan fingerprint density at radius 3 is 3.12 bits per heavy atom. The summed E-state index contributed by atoms with van der Waals surface area (Å²) in [4.78, 5) is 16.4. The molecule has 2 heterocycles. The highest BCUT2D eigenvalue weighted by Crippen LogP contribution is 2.17. The molecule has 0 amide bonds. The highest BCUT2D eigenvalue weighted by molar-refractivity contribution is 7.10. The summed E-state index contributed by atoms with van der Waals surface area (Å²) < 4.78 is 1.61. The first-order valence-corrected chi connectivity index (χ1v) is 6.43. The van der Waals surface area contributed by atoms with Crippen LogP contribution in [0.4, 0.5) is 0 Å². The molecule has 0 fully saturated rings. The van der Waals surface area contributed by atoms with Crippen LogP contribution in [0.15, 0.2) is 40.8 Å². The molecule has 2 rings (SSSR count). The third kappa shape index (κ3) is 3.25. The van der Waals surface area contributed by atoms with E-state index in [0.717, 1.165) is 6.54 Å². The zero-order valence-electron chi connectivity index (χ0n) is 9.67. The Morgan fingerprint density at radius 1 is 1.53 bits per heavy atom. The van der Waals surface area contributed by atoms with Gasteiger partial charge in [0.05, 0.1) is 0 Å². The smallest absolute Gasteiger partial charge is 0.308 e. The van der Waals surface area contributed by atoms with E-state index in [1.54, 1.807) is 28.2 Å². The van der Waals surface area contributed by atoms with Gasteiger partial charge in [0.1, 0.15) is 0 Å². The molecule has 0 bridgehead atoms. The van der Waals surface area contributed by atoms with Gasteiger partial charge in [-0.15, -0.1) is 11.3 Å². The Morgan fingerprint density at radius 2 is 2.41 bits per heavy atom. The van der Waals surface area contributed by atoms with Crippen molar-refractivity contribution in [2.45, 2.75) is 19.5 Å². The Labute approximate surface area is 104 Å². The van der Waals surface area contributed by atoms with Crippen molar-refractivity contribution in [3.8, 4) is 0 Å². The van der Waals surface area contributed by atoms with Gasteiger partial charge in [-0.25, -0.2) is 9.78 Å². The molecule has 2 aromatic rings. The maximum atomic E-state index is 11.3. The summed E-state index contributed by atoms with van der Waals surface area (Å²) >= 11 is 1.74. The minimum Gasteiger partial charge on any atom is -0.308 e. The van der Waals surface area contributed by atoms with E-state index in [1.807, 2.05) is 6.07 Å². The van der Waals surface area contributed by atoms with E-state index in [0.29, 0.717) is 12.6 Å². The zero-order valence-corrected chi connectivity index (χ0v) is 10.5. The molecule has 1 unspecified atom stereocenters. The fourth-order valence-corrected chi connectivity index (χ4v) is 2.36. The van der Waals surface area contributed by atoms with E-state index in [4.69, 9.17) is 0 Å². The Balaban J connectivity index is 1.84. The molecule has 0 aliphatic rings. The normalized spacial score (nSPS) is 12.5. The van der Waals surface area contributed by atoms with Crippen molar-refractivity contribution < 1.29 is 0 Å². The summed E-state index contributed by atoms with van der Waals surface area (Å²) in [5.74, 6) is 0. The van der Waals surface area contributed by atoms with Crippen molar-refractivity contribution in [1.29, 1.82) is 0 Å². The van der Waals surface area contributed by atoms with E-state index in [-0.39, 0.29) is 5.69 Å². The van der Waals surface area contributed by atoms with Crippen LogP contribution in [-0.2, 0) is 6.54 Å². The highest BCUT2D eigenvalue weighted by Gasteiger charge is 2.04. The third-order valence-corrected chi connectivity index (χ3v) is 3.61. The number of thiophene rings is 1. The fourth-order valence-electron chi connectivity index (χ4n) is 1.60. The van der Waals surface area contributed by atoms with Gasteiger partial charge < -0.3 is 5.32 Å². The van der Waals surface area contributed by atoms with Crippen molar-refractivity contribution in [3.05, 3.63) is 51.3 Å². The van der Waals surface area contributed by atoms with E-state index >= 15 is 0 Å². The number of nitrogens with one attached hydrogen (secondary N) is 1. The molecule has 0 radical (unpaired) electrons. The predicted molar refractivity (Wildman–Crippen MR) is 69.2 cm³/mol. The van der Waals surface area contributed by atoms with Gasteiger partial charge >= 0.3 is 5.69 Å². The van der Waals surface area contributed by atoms with Gasteiger partial charge in [-0.3, -0.25) is 4.57 Å². The molecular formula is C12H15N3OS. The fraction of sp³-hybridized carbons (Fsp3) is 0.333. The third-order valence-electron chi connectivity index (χ3n) is 2.56. The van der Waals surface area contributed by atoms with E-state index in [2.05, 4.69) is 28.7 Å². The largest absolute Gasteiger partial charge is 0.347 e. The monoisotopic (exact) mass is 249 g/mol. The first-order chi connectivity index (χ1) is 8.27. The molecule has 2 aromatic heterocycles. The summed E-state index contributed by atoms with van der Waals surface area (Å²) in [6, 6.07) is 6.24. The number of aromatic nitrogens is 2. The van der Waals surface area contributed by atoms with Crippen LogP contribution in [0, 0.1) is 0 Å². The van der Waals surface area contributed by atoms with Crippen molar-refractivity contribution in [2.75, 3.05) is 6.54 Å². The van der Waals surface area contributed by atoms with Crippen molar-refractivity contribution in [1.82, 2.24) is 14.9 Å². The molecule has 17 heavy (non-hydrogen) atoms. The summed E-state index contributed by atoms with van der Waals surface area (Å²) in [6.45, 7) is 3.52. The highest BCUT2D eigenvalue weighted by atomic mass is 32.1. The number of nitrogens with zero attached hydrogens (tertiary/aromatic N) is 2. The molecule has 1 N–H and O–H groups in total. The molecule has 0 aromatic carbocycles. The minimum absolute atomic E-state index is 0.196. The average molecular weight is 249 g/mol. The van der Waals surface area contributed by atoms with Gasteiger partial charge in [-0.05, 0) is 24.4 Å². The second kappa shape index (κ2) is 5.75. The van der Waals surface area contributed by atoms with Crippen LogP contribution in [-0.4, -0.2) is 16.1 Å². The lowest BCUT2D eigenvalue weighted by Gasteiger charge is -2.12. The molecule has 90 valence electrons. The van der Waals surface area contributed by atoms with Crippen LogP contribution in [0.1, 0.15) is 17.8 Å². The minimum atomic E-state index is -0.196. The van der Waals surface area contributed by atoms with E-state index < -0.39 is 0 Å². The van der Waals surface area contributed by atoms with Crippen molar-refractivity contribution >= 4 is 11.3 Å². The lowest BCUT2D eigenvalue weighted by Crippen LogP contribution is -2.28. The summed E-state index contributed by atoms with van der Waals surface area (Å²) in [5.41, 5.74) is -0.196. The lowest BCUT2D eigenvalue weighted by atomic mass is 10.3. The van der Waals surface area contributed by atoms with Gasteiger partial charge in [0.2, 0.25) is 0 Å². The predicted octanol–water partition coefficient (Wildman–Crippen LogP) is 1.66. The molecule has 0 saturated carbocycles.